The second kappa shape index (κ2) is 3.93. The Hall–Kier alpha value is -2.14. The van der Waals surface area contributed by atoms with Crippen molar-refractivity contribution >= 4 is 22.4 Å². The van der Waals surface area contributed by atoms with E-state index in [0.29, 0.717) is 22.9 Å². The highest BCUT2D eigenvalue weighted by Gasteiger charge is 2.10. The van der Waals surface area contributed by atoms with Crippen LogP contribution in [-0.2, 0) is 6.54 Å². The Labute approximate surface area is 89.1 Å². The fraction of sp³-hybridized carbons (Fsp3) is 0.143. The number of aromatic nitrogens is 4. The smallest absolute Gasteiger partial charge is 0.157 e. The molecule has 0 aliphatic rings. The highest BCUT2D eigenvalue weighted by molar-refractivity contribution is 7.10. The van der Waals surface area contributed by atoms with Gasteiger partial charge in [0.05, 0.1) is 6.54 Å². The number of aromatic amines is 1. The van der Waals surface area contributed by atoms with Crippen molar-refractivity contribution < 1.29 is 0 Å². The number of nitrogens with two attached hydrogens (primary N) is 1. The molecule has 8 heteroatoms. The molecule has 0 unspecified atom stereocenters. The van der Waals surface area contributed by atoms with Crippen molar-refractivity contribution in [1.29, 1.82) is 5.26 Å². The van der Waals surface area contributed by atoms with Crippen molar-refractivity contribution in [3.8, 4) is 6.07 Å². The number of nitrogens with one attached hydrogen (secondary N) is 2. The molecule has 2 aromatic heterocycles. The summed E-state index contributed by atoms with van der Waals surface area (Å²) >= 11 is 1.15. The molecule has 0 aliphatic heterocycles. The van der Waals surface area contributed by atoms with Crippen molar-refractivity contribution in [2.75, 3.05) is 11.1 Å². The Kier molecular flexibility index (Phi) is 2.47. The summed E-state index contributed by atoms with van der Waals surface area (Å²) in [6.07, 6.45) is 1.42. The van der Waals surface area contributed by atoms with Gasteiger partial charge in [0.25, 0.3) is 0 Å². The van der Waals surface area contributed by atoms with E-state index in [1.165, 1.54) is 6.33 Å². The molecule has 7 nitrogen and oxygen atoms in total. The molecule has 15 heavy (non-hydrogen) atoms. The largest absolute Gasteiger partial charge is 0.382 e. The molecule has 0 aromatic carbocycles. The Morgan fingerprint density at radius 1 is 1.67 bits per heavy atom. The minimum absolute atomic E-state index is 0.252. The van der Waals surface area contributed by atoms with Gasteiger partial charge >= 0.3 is 0 Å². The maximum absolute atomic E-state index is 8.81. The third kappa shape index (κ3) is 1.87. The highest BCUT2D eigenvalue weighted by atomic mass is 32.1. The number of rotatable bonds is 3. The molecular weight excluding hydrogens is 214 g/mol. The molecule has 0 fully saturated rings. The van der Waals surface area contributed by atoms with Gasteiger partial charge in [-0.05, 0) is 11.5 Å². The number of H-pyrrole nitrogens is 1. The van der Waals surface area contributed by atoms with Crippen LogP contribution in [0.1, 0.15) is 11.4 Å². The van der Waals surface area contributed by atoms with Gasteiger partial charge in [-0.25, -0.2) is 4.98 Å². The van der Waals surface area contributed by atoms with Gasteiger partial charge in [-0.15, -0.1) is 0 Å². The second-order valence-corrected chi connectivity index (χ2v) is 3.44. The Morgan fingerprint density at radius 3 is 3.20 bits per heavy atom. The van der Waals surface area contributed by atoms with Gasteiger partial charge in [-0.1, -0.05) is 0 Å². The average Bonchev–Trinajstić information content (AvgIpc) is 2.84. The lowest BCUT2D eigenvalue weighted by Gasteiger charge is -1.99. The zero-order chi connectivity index (χ0) is 10.7. The van der Waals surface area contributed by atoms with E-state index in [9.17, 15) is 0 Å². The van der Waals surface area contributed by atoms with Gasteiger partial charge in [0.1, 0.15) is 28.8 Å². The van der Waals surface area contributed by atoms with E-state index in [4.69, 9.17) is 11.0 Å². The lowest BCUT2D eigenvalue weighted by Crippen LogP contribution is -2.01. The molecule has 2 rings (SSSR count). The first-order valence-corrected chi connectivity index (χ1v) is 4.82. The van der Waals surface area contributed by atoms with Gasteiger partial charge in [0.15, 0.2) is 5.82 Å². The molecule has 0 aliphatic carbocycles. The fourth-order valence-corrected chi connectivity index (χ4v) is 1.67. The van der Waals surface area contributed by atoms with Crippen LogP contribution < -0.4 is 11.1 Å². The van der Waals surface area contributed by atoms with E-state index < -0.39 is 0 Å². The van der Waals surface area contributed by atoms with Crippen molar-refractivity contribution in [2.24, 2.45) is 0 Å². The number of hydrogen-bond acceptors (Lipinski definition) is 7. The number of anilines is 2. The normalized spacial score (nSPS) is 9.80. The summed E-state index contributed by atoms with van der Waals surface area (Å²) < 4.78 is 3.88. The van der Waals surface area contributed by atoms with Crippen molar-refractivity contribution in [3.05, 3.63) is 17.7 Å². The third-order valence-electron chi connectivity index (χ3n) is 1.71. The van der Waals surface area contributed by atoms with Crippen molar-refractivity contribution in [2.45, 2.75) is 6.54 Å². The summed E-state index contributed by atoms with van der Waals surface area (Å²) in [5.74, 6) is 0.938. The van der Waals surface area contributed by atoms with Gasteiger partial charge < -0.3 is 11.1 Å². The summed E-state index contributed by atoms with van der Waals surface area (Å²) in [7, 11) is 0. The van der Waals surface area contributed by atoms with Crippen LogP contribution in [0, 0.1) is 11.3 Å². The summed E-state index contributed by atoms with van der Waals surface area (Å²) in [5, 5.41) is 18.9. The number of hydrogen-bond donors (Lipinski definition) is 3. The van der Waals surface area contributed by atoms with Gasteiger partial charge in [-0.3, -0.25) is 5.10 Å². The molecule has 2 heterocycles. The van der Waals surface area contributed by atoms with Crippen LogP contribution in [-0.4, -0.2) is 19.6 Å². The Bertz CT molecular complexity index is 480. The third-order valence-corrected chi connectivity index (χ3v) is 2.53. The van der Waals surface area contributed by atoms with E-state index in [-0.39, 0.29) is 5.82 Å². The summed E-state index contributed by atoms with van der Waals surface area (Å²) in [6.45, 7) is 0.455. The van der Waals surface area contributed by atoms with E-state index >= 15 is 0 Å². The standard InChI is InChI=1S/C7H7N7S/c8-1-4-6(9)14-15-7(4)10-2-5-11-3-12-13-5/h3,10H,2H2,(H2,9,14)(H,11,12,13). The molecule has 0 saturated carbocycles. The maximum Gasteiger partial charge on any atom is 0.157 e. The van der Waals surface area contributed by atoms with Crippen molar-refractivity contribution in [1.82, 2.24) is 19.6 Å². The van der Waals surface area contributed by atoms with Crippen LogP contribution in [0.2, 0.25) is 0 Å². The highest BCUT2D eigenvalue weighted by Crippen LogP contribution is 2.25. The SMILES string of the molecule is N#Cc1c(N)nsc1NCc1ncn[nH]1. The van der Waals surface area contributed by atoms with Crippen LogP contribution in [0.25, 0.3) is 0 Å². The first-order chi connectivity index (χ1) is 7.31. The molecule has 0 spiro atoms. The molecular formula is C7H7N7S. The van der Waals surface area contributed by atoms with E-state index in [0.717, 1.165) is 11.5 Å². The van der Waals surface area contributed by atoms with Gasteiger partial charge in [0.2, 0.25) is 0 Å². The molecule has 4 N–H and O–H groups in total. The van der Waals surface area contributed by atoms with Crippen LogP contribution in [0.4, 0.5) is 10.8 Å². The number of nitrogens with zero attached hydrogens (tertiary/aromatic N) is 4. The lowest BCUT2D eigenvalue weighted by molar-refractivity contribution is 0.957. The number of nitriles is 1. The molecule has 0 saturated heterocycles. The van der Waals surface area contributed by atoms with Crippen LogP contribution in [0.3, 0.4) is 0 Å². The van der Waals surface area contributed by atoms with Crippen LogP contribution in [0.15, 0.2) is 6.33 Å². The fourth-order valence-electron chi connectivity index (χ4n) is 1.01. The molecule has 0 amide bonds. The minimum atomic E-state index is 0.252. The van der Waals surface area contributed by atoms with E-state index in [2.05, 4.69) is 24.9 Å². The van der Waals surface area contributed by atoms with Gasteiger partial charge in [0, 0.05) is 0 Å². The number of nitrogen functional groups attached to an aromatic ring is 1. The molecule has 76 valence electrons. The first-order valence-electron chi connectivity index (χ1n) is 4.04. The topological polar surface area (TPSA) is 116 Å². The predicted octanol–water partition coefficient (Wildman–Crippen LogP) is 0.327. The molecule has 0 atom stereocenters. The summed E-state index contributed by atoms with van der Waals surface area (Å²) in [5.41, 5.74) is 5.88. The van der Waals surface area contributed by atoms with Gasteiger partial charge in [-0.2, -0.15) is 14.7 Å². The predicted molar refractivity (Wildman–Crippen MR) is 55.0 cm³/mol. The average molecular weight is 221 g/mol. The van der Waals surface area contributed by atoms with Crippen LogP contribution >= 0.6 is 11.5 Å². The van der Waals surface area contributed by atoms with E-state index in [1.54, 1.807) is 0 Å². The monoisotopic (exact) mass is 221 g/mol. The summed E-state index contributed by atoms with van der Waals surface area (Å²) in [6, 6.07) is 1.99. The molecule has 0 radical (unpaired) electrons. The second-order valence-electron chi connectivity index (χ2n) is 2.67. The summed E-state index contributed by atoms with van der Waals surface area (Å²) in [4.78, 5) is 3.93. The lowest BCUT2D eigenvalue weighted by atomic mass is 10.3. The first kappa shape index (κ1) is 9.42. The molecule has 2 aromatic rings. The van der Waals surface area contributed by atoms with Crippen molar-refractivity contribution in [3.63, 3.8) is 0 Å². The molecule has 0 bridgehead atoms. The Balaban J connectivity index is 2.09. The maximum atomic E-state index is 8.81. The van der Waals surface area contributed by atoms with Crippen LogP contribution in [0.5, 0.6) is 0 Å². The minimum Gasteiger partial charge on any atom is -0.382 e. The Morgan fingerprint density at radius 2 is 2.53 bits per heavy atom. The zero-order valence-corrected chi connectivity index (χ0v) is 8.38. The van der Waals surface area contributed by atoms with E-state index in [1.807, 2.05) is 6.07 Å². The zero-order valence-electron chi connectivity index (χ0n) is 7.56. The quantitative estimate of drug-likeness (QED) is 0.687.